The summed E-state index contributed by atoms with van der Waals surface area (Å²) < 4.78 is 5.44. The van der Waals surface area contributed by atoms with Gasteiger partial charge in [-0.25, -0.2) is 0 Å². The minimum Gasteiger partial charge on any atom is -0.484 e. The monoisotopic (exact) mass is 393 g/mol. The number of nitrogens with one attached hydrogen (secondary N) is 1. The molecule has 1 N–H and O–H groups in total. The van der Waals surface area contributed by atoms with Gasteiger partial charge in [0.15, 0.2) is 6.61 Å². The van der Waals surface area contributed by atoms with Crippen molar-refractivity contribution in [3.05, 3.63) is 52.5 Å². The third-order valence-electron chi connectivity index (χ3n) is 4.23. The van der Waals surface area contributed by atoms with E-state index in [1.807, 2.05) is 24.3 Å². The second-order valence-corrected chi connectivity index (χ2v) is 7.15. The Morgan fingerprint density at radius 3 is 2.27 bits per heavy atom. The first-order valence-corrected chi connectivity index (χ1v) is 9.17. The van der Waals surface area contributed by atoms with Crippen LogP contribution in [0.3, 0.4) is 0 Å². The van der Waals surface area contributed by atoms with Gasteiger partial charge in [0.2, 0.25) is 0 Å². The van der Waals surface area contributed by atoms with Crippen molar-refractivity contribution in [1.82, 2.24) is 4.90 Å². The number of carbonyl (C=O) groups excluding carboxylic acids is 1. The normalized spacial score (nSPS) is 15.0. The van der Waals surface area contributed by atoms with E-state index in [1.165, 1.54) is 5.69 Å². The highest BCUT2D eigenvalue weighted by atomic mass is 35.5. The summed E-state index contributed by atoms with van der Waals surface area (Å²) in [7, 11) is 2.13. The summed E-state index contributed by atoms with van der Waals surface area (Å²) in [5.74, 6) is 0.219. The van der Waals surface area contributed by atoms with Gasteiger partial charge in [0.05, 0.1) is 0 Å². The highest BCUT2D eigenvalue weighted by Gasteiger charge is 2.14. The maximum atomic E-state index is 12.1. The average Bonchev–Trinajstić information content (AvgIpc) is 2.61. The molecule has 1 aliphatic heterocycles. The van der Waals surface area contributed by atoms with Crippen LogP contribution in [0.5, 0.6) is 5.75 Å². The third-order valence-corrected chi connectivity index (χ3v) is 4.66. The van der Waals surface area contributed by atoms with Crippen LogP contribution >= 0.6 is 23.2 Å². The van der Waals surface area contributed by atoms with E-state index in [1.54, 1.807) is 18.2 Å². The van der Waals surface area contributed by atoms with Gasteiger partial charge in [-0.3, -0.25) is 4.79 Å². The number of carbonyl (C=O) groups is 1. The maximum Gasteiger partial charge on any atom is 0.262 e. The number of likely N-dealkylation sites (N-methyl/N-ethyl adjacent to an activating group) is 1. The lowest BCUT2D eigenvalue weighted by Crippen LogP contribution is -2.44. The summed E-state index contributed by atoms with van der Waals surface area (Å²) in [4.78, 5) is 16.7. The predicted molar refractivity (Wildman–Crippen MR) is 107 cm³/mol. The van der Waals surface area contributed by atoms with Crippen LogP contribution in [0.1, 0.15) is 0 Å². The number of nitrogens with zero attached hydrogens (tertiary/aromatic N) is 2. The molecule has 0 spiro atoms. The van der Waals surface area contributed by atoms with Gasteiger partial charge in [0, 0.05) is 47.6 Å². The average molecular weight is 394 g/mol. The molecule has 0 bridgehead atoms. The molecule has 0 saturated carbocycles. The Kier molecular flexibility index (Phi) is 6.25. The van der Waals surface area contributed by atoms with Crippen LogP contribution in [0.4, 0.5) is 11.4 Å². The van der Waals surface area contributed by atoms with E-state index in [0.717, 1.165) is 31.9 Å². The summed E-state index contributed by atoms with van der Waals surface area (Å²) in [5, 5.41) is 3.75. The Hall–Kier alpha value is -1.95. The van der Waals surface area contributed by atoms with Gasteiger partial charge in [-0.2, -0.15) is 0 Å². The molecule has 7 heteroatoms. The number of rotatable bonds is 5. The van der Waals surface area contributed by atoms with Crippen LogP contribution < -0.4 is 15.0 Å². The number of hydrogen-bond donors (Lipinski definition) is 1. The fraction of sp³-hybridized carbons (Fsp3) is 0.316. The lowest BCUT2D eigenvalue weighted by Gasteiger charge is -2.34. The van der Waals surface area contributed by atoms with Gasteiger partial charge >= 0.3 is 0 Å². The van der Waals surface area contributed by atoms with Crippen LogP contribution in [0.25, 0.3) is 0 Å². The molecule has 1 aliphatic rings. The Morgan fingerprint density at radius 2 is 1.65 bits per heavy atom. The molecule has 1 fully saturated rings. The Morgan fingerprint density at radius 1 is 1.04 bits per heavy atom. The van der Waals surface area contributed by atoms with E-state index in [4.69, 9.17) is 27.9 Å². The second-order valence-electron chi connectivity index (χ2n) is 6.28. The van der Waals surface area contributed by atoms with Gasteiger partial charge in [0.1, 0.15) is 5.75 Å². The molecule has 1 saturated heterocycles. The van der Waals surface area contributed by atoms with Crippen molar-refractivity contribution in [2.45, 2.75) is 0 Å². The van der Waals surface area contributed by atoms with E-state index in [2.05, 4.69) is 22.2 Å². The first-order chi connectivity index (χ1) is 12.5. The minimum atomic E-state index is -0.242. The zero-order valence-corrected chi connectivity index (χ0v) is 16.1. The molecular weight excluding hydrogens is 373 g/mol. The molecule has 26 heavy (non-hydrogen) atoms. The fourth-order valence-corrected chi connectivity index (χ4v) is 3.28. The number of amides is 1. The molecule has 5 nitrogen and oxygen atoms in total. The van der Waals surface area contributed by atoms with Crippen molar-refractivity contribution in [2.24, 2.45) is 0 Å². The first-order valence-electron chi connectivity index (χ1n) is 8.42. The predicted octanol–water partition coefficient (Wildman–Crippen LogP) is 3.76. The van der Waals surface area contributed by atoms with Crippen LogP contribution in [-0.2, 0) is 4.79 Å². The zero-order valence-electron chi connectivity index (χ0n) is 14.5. The van der Waals surface area contributed by atoms with Crippen molar-refractivity contribution in [1.29, 1.82) is 0 Å². The third kappa shape index (κ3) is 5.27. The summed E-state index contributed by atoms with van der Waals surface area (Å²) >= 11 is 11.8. The topological polar surface area (TPSA) is 44.8 Å². The Bertz CT molecular complexity index is 740. The van der Waals surface area contributed by atoms with Crippen molar-refractivity contribution < 1.29 is 9.53 Å². The lowest BCUT2D eigenvalue weighted by atomic mass is 10.2. The summed E-state index contributed by atoms with van der Waals surface area (Å²) in [5.41, 5.74) is 1.90. The molecule has 0 unspecified atom stereocenters. The molecule has 2 aromatic carbocycles. The van der Waals surface area contributed by atoms with Crippen molar-refractivity contribution in [3.8, 4) is 5.75 Å². The second kappa shape index (κ2) is 8.62. The van der Waals surface area contributed by atoms with Gasteiger partial charge in [-0.1, -0.05) is 23.2 Å². The van der Waals surface area contributed by atoms with Gasteiger partial charge < -0.3 is 19.9 Å². The molecule has 0 aromatic heterocycles. The molecule has 3 rings (SSSR count). The van der Waals surface area contributed by atoms with E-state index < -0.39 is 0 Å². The standard InChI is InChI=1S/C19H21Cl2N3O2/c1-23-6-8-24(9-7-23)17-4-2-16(3-5-17)22-19(25)13-26-18-11-14(20)10-15(21)12-18/h2-5,10-12H,6-9,13H2,1H3,(H,22,25). The van der Waals surface area contributed by atoms with Crippen LogP contribution in [0.15, 0.2) is 42.5 Å². The van der Waals surface area contributed by atoms with E-state index in [0.29, 0.717) is 15.8 Å². The number of hydrogen-bond acceptors (Lipinski definition) is 4. The highest BCUT2D eigenvalue weighted by molar-refractivity contribution is 6.34. The fourth-order valence-electron chi connectivity index (χ4n) is 2.78. The number of anilines is 2. The number of benzene rings is 2. The van der Waals surface area contributed by atoms with Crippen molar-refractivity contribution >= 4 is 40.5 Å². The lowest BCUT2D eigenvalue weighted by molar-refractivity contribution is -0.118. The molecule has 138 valence electrons. The quantitative estimate of drug-likeness (QED) is 0.839. The molecule has 0 aliphatic carbocycles. The van der Waals surface area contributed by atoms with Gasteiger partial charge in [-0.05, 0) is 49.5 Å². The SMILES string of the molecule is CN1CCN(c2ccc(NC(=O)COc3cc(Cl)cc(Cl)c3)cc2)CC1. The first kappa shape index (κ1) is 18.8. The van der Waals surface area contributed by atoms with Crippen LogP contribution in [0, 0.1) is 0 Å². The summed E-state index contributed by atoms with van der Waals surface area (Å²) in [6.45, 7) is 4.03. The Labute approximate surface area is 163 Å². The molecule has 0 radical (unpaired) electrons. The van der Waals surface area contributed by atoms with Crippen LogP contribution in [-0.4, -0.2) is 50.6 Å². The number of halogens is 2. The Balaban J connectivity index is 1.51. The molecule has 2 aromatic rings. The highest BCUT2D eigenvalue weighted by Crippen LogP contribution is 2.24. The zero-order chi connectivity index (χ0) is 18.5. The minimum absolute atomic E-state index is 0.114. The molecule has 1 heterocycles. The van der Waals surface area contributed by atoms with E-state index in [9.17, 15) is 4.79 Å². The summed E-state index contributed by atoms with van der Waals surface area (Å²) in [6.07, 6.45) is 0. The number of piperazine rings is 1. The number of ether oxygens (including phenoxy) is 1. The van der Waals surface area contributed by atoms with E-state index >= 15 is 0 Å². The summed E-state index contributed by atoms with van der Waals surface area (Å²) in [6, 6.07) is 12.7. The van der Waals surface area contributed by atoms with Gasteiger partial charge in [-0.15, -0.1) is 0 Å². The van der Waals surface area contributed by atoms with E-state index in [-0.39, 0.29) is 12.5 Å². The largest absolute Gasteiger partial charge is 0.484 e. The smallest absolute Gasteiger partial charge is 0.262 e. The van der Waals surface area contributed by atoms with Crippen LogP contribution in [0.2, 0.25) is 10.0 Å². The van der Waals surface area contributed by atoms with Crippen molar-refractivity contribution in [3.63, 3.8) is 0 Å². The maximum absolute atomic E-state index is 12.1. The molecule has 1 amide bonds. The van der Waals surface area contributed by atoms with Crippen molar-refractivity contribution in [2.75, 3.05) is 50.1 Å². The molecular formula is C19H21Cl2N3O2. The molecule has 0 atom stereocenters. The van der Waals surface area contributed by atoms with Gasteiger partial charge in [0.25, 0.3) is 5.91 Å².